The third-order valence-electron chi connectivity index (χ3n) is 8.52. The molecule has 210 valence electrons. The number of amidine groups is 3. The van der Waals surface area contributed by atoms with E-state index in [-0.39, 0.29) is 23.0 Å². The highest BCUT2D eigenvalue weighted by Gasteiger charge is 2.65. The van der Waals surface area contributed by atoms with Crippen LogP contribution in [0.2, 0.25) is 0 Å². The van der Waals surface area contributed by atoms with Gasteiger partial charge in [0, 0.05) is 10.8 Å². The zero-order chi connectivity index (χ0) is 29.0. The fourth-order valence-corrected chi connectivity index (χ4v) is 6.55. The standard InChI is InChI=1S/C33H33BN6O2/c1-32(2,3)29-35-27-25-21-16-10-12-18-23(21)41-34(20-14-8-7-9-15-20)40(25)26(22-17-11-13-19-24(22)42-34)28-36-30(33(4,5)6)38-31(37-29)39(27)28/h7-19,25,27H,1-6H3. The third-order valence-corrected chi connectivity index (χ3v) is 8.52. The summed E-state index contributed by atoms with van der Waals surface area (Å²) in [6.45, 7) is 10.6. The number of aliphatic imine (C=N–C) groups is 4. The number of hydrogen-bond acceptors (Lipinski definition) is 7. The van der Waals surface area contributed by atoms with Crippen molar-refractivity contribution in [3.8, 4) is 11.5 Å². The van der Waals surface area contributed by atoms with Crippen molar-refractivity contribution in [2.24, 2.45) is 30.8 Å². The predicted octanol–water partition coefficient (Wildman–Crippen LogP) is 5.17. The van der Waals surface area contributed by atoms with Crippen LogP contribution in [0, 0.1) is 10.8 Å². The van der Waals surface area contributed by atoms with Crippen LogP contribution in [0.5, 0.6) is 11.5 Å². The Bertz CT molecular complexity index is 1830. The molecule has 0 spiro atoms. The Morgan fingerprint density at radius 1 is 0.714 bits per heavy atom. The van der Waals surface area contributed by atoms with E-state index in [1.54, 1.807) is 0 Å². The van der Waals surface area contributed by atoms with Gasteiger partial charge in [0.1, 0.15) is 11.7 Å². The molecule has 0 amide bonds. The minimum absolute atomic E-state index is 0.258. The smallest absolute Gasteiger partial charge is 0.619 e. The summed E-state index contributed by atoms with van der Waals surface area (Å²) in [7, 11) is 0. The van der Waals surface area contributed by atoms with Crippen LogP contribution in [0.1, 0.15) is 58.7 Å². The van der Waals surface area contributed by atoms with Crippen LogP contribution in [-0.2, 0) is 0 Å². The normalized spacial score (nSPS) is 25.3. The summed E-state index contributed by atoms with van der Waals surface area (Å²) in [5, 5.41) is 0. The van der Waals surface area contributed by atoms with Crippen LogP contribution in [0.4, 0.5) is 0 Å². The van der Waals surface area contributed by atoms with Gasteiger partial charge in [0.15, 0.2) is 12.2 Å². The summed E-state index contributed by atoms with van der Waals surface area (Å²) in [5.41, 5.74) is 3.30. The Hall–Kier alpha value is -4.53. The van der Waals surface area contributed by atoms with Gasteiger partial charge >= 0.3 is 6.69 Å². The van der Waals surface area contributed by atoms with E-state index in [0.717, 1.165) is 51.3 Å². The first-order valence-electron chi connectivity index (χ1n) is 14.6. The molecule has 3 aromatic carbocycles. The molecule has 0 fully saturated rings. The topological polar surface area (TPSA) is 74.1 Å². The van der Waals surface area contributed by atoms with Gasteiger partial charge < -0.3 is 13.8 Å². The Balaban J connectivity index is 1.54. The Morgan fingerprint density at radius 2 is 1.36 bits per heavy atom. The van der Waals surface area contributed by atoms with Crippen molar-refractivity contribution in [3.63, 3.8) is 0 Å². The lowest BCUT2D eigenvalue weighted by Gasteiger charge is -2.54. The molecule has 0 aliphatic carbocycles. The number of para-hydroxylation sites is 2. The Labute approximate surface area is 245 Å². The van der Waals surface area contributed by atoms with E-state index in [1.807, 2.05) is 48.5 Å². The van der Waals surface area contributed by atoms with E-state index in [9.17, 15) is 0 Å². The van der Waals surface area contributed by atoms with Gasteiger partial charge in [-0.1, -0.05) is 96.1 Å². The molecule has 5 aliphatic rings. The zero-order valence-electron chi connectivity index (χ0n) is 24.7. The van der Waals surface area contributed by atoms with Gasteiger partial charge in [-0.3, -0.25) is 4.90 Å². The van der Waals surface area contributed by atoms with Crippen molar-refractivity contribution >= 4 is 41.3 Å². The van der Waals surface area contributed by atoms with Gasteiger partial charge in [-0.2, -0.15) is 9.98 Å². The van der Waals surface area contributed by atoms with Crippen molar-refractivity contribution in [1.82, 2.24) is 4.90 Å². The molecule has 3 atom stereocenters. The number of fused-ring (bicyclic) bond motifs is 6. The minimum atomic E-state index is -2.24. The predicted molar refractivity (Wildman–Crippen MR) is 167 cm³/mol. The lowest BCUT2D eigenvalue weighted by Crippen LogP contribution is -2.77. The van der Waals surface area contributed by atoms with E-state index in [4.69, 9.17) is 29.3 Å². The quantitative estimate of drug-likeness (QED) is 0.388. The summed E-state index contributed by atoms with van der Waals surface area (Å²) in [6, 6.07) is 26.4. The highest BCUT2D eigenvalue weighted by molar-refractivity contribution is 6.77. The van der Waals surface area contributed by atoms with Crippen LogP contribution < -0.4 is 14.8 Å². The summed E-state index contributed by atoms with van der Waals surface area (Å²) < 4.78 is 16.5. The first-order valence-corrected chi connectivity index (χ1v) is 14.6. The Morgan fingerprint density at radius 3 is 2.10 bits per heavy atom. The molecule has 9 heteroatoms. The molecule has 8 nitrogen and oxygen atoms in total. The number of hydrogen-bond donors (Lipinski definition) is 0. The highest BCUT2D eigenvalue weighted by atomic mass is 16.6. The maximum absolute atomic E-state index is 7.07. The van der Waals surface area contributed by atoms with Crippen LogP contribution >= 0.6 is 0 Å². The average Bonchev–Trinajstić information content (AvgIpc) is 2.97. The first kappa shape index (κ1) is 25.2. The van der Waals surface area contributed by atoms with E-state index >= 15 is 0 Å². The highest BCUT2D eigenvalue weighted by Crippen LogP contribution is 2.48. The van der Waals surface area contributed by atoms with Crippen molar-refractivity contribution in [1.29, 1.82) is 0 Å². The third kappa shape index (κ3) is 3.39. The first-order chi connectivity index (χ1) is 20.1. The van der Waals surface area contributed by atoms with Crippen molar-refractivity contribution < 1.29 is 13.8 Å². The second kappa shape index (κ2) is 8.28. The molecule has 0 aromatic heterocycles. The van der Waals surface area contributed by atoms with E-state index < -0.39 is 6.69 Å². The second-order valence-corrected chi connectivity index (χ2v) is 13.6. The molecule has 0 saturated heterocycles. The van der Waals surface area contributed by atoms with Gasteiger partial charge in [0.05, 0.1) is 22.6 Å². The molecule has 0 saturated carbocycles. The lowest BCUT2D eigenvalue weighted by atomic mass is 9.58. The maximum Gasteiger partial charge on any atom is 0.680 e. The van der Waals surface area contributed by atoms with E-state index in [0.29, 0.717) is 5.96 Å². The van der Waals surface area contributed by atoms with E-state index in [2.05, 4.69) is 81.3 Å². The molecule has 0 bridgehead atoms. The number of nitrogens with zero attached hydrogens (tertiary/aromatic N) is 6. The second-order valence-electron chi connectivity index (χ2n) is 13.6. The molecule has 3 aromatic rings. The lowest BCUT2D eigenvalue weighted by molar-refractivity contribution is -0.492. The fourth-order valence-electron chi connectivity index (χ4n) is 6.55. The minimum Gasteiger partial charge on any atom is -0.619 e. The van der Waals surface area contributed by atoms with Gasteiger partial charge in [-0.15, -0.1) is 0 Å². The monoisotopic (exact) mass is 556 g/mol. The molecular formula is C33H33BN6O2. The largest absolute Gasteiger partial charge is 0.680 e. The molecule has 3 unspecified atom stereocenters. The summed E-state index contributed by atoms with van der Waals surface area (Å²) in [5.74, 6) is 4.43. The number of rotatable bonds is 1. The fraction of sp³-hybridized carbons (Fsp3) is 0.303. The summed E-state index contributed by atoms with van der Waals surface area (Å²) >= 11 is 0. The molecule has 0 radical (unpaired) electrons. The van der Waals surface area contributed by atoms with Crippen molar-refractivity contribution in [2.45, 2.75) is 53.8 Å². The van der Waals surface area contributed by atoms with Gasteiger partial charge in [0.2, 0.25) is 17.5 Å². The SMILES string of the molecule is CC(C)(C)C1=NC2=NC(C(C)(C)C)=NC3C4c5ccccc5O[B-]5(c6ccccc6)Oc6ccccc6C(=[N+]45)C(=N1)N23. The van der Waals surface area contributed by atoms with Gasteiger partial charge in [-0.25, -0.2) is 9.98 Å². The molecule has 5 aliphatic heterocycles. The zero-order valence-corrected chi connectivity index (χ0v) is 24.7. The molecule has 8 rings (SSSR count). The number of guanidine groups is 1. The molecule has 42 heavy (non-hydrogen) atoms. The van der Waals surface area contributed by atoms with Crippen LogP contribution in [0.3, 0.4) is 0 Å². The molecule has 5 heterocycles. The van der Waals surface area contributed by atoms with Gasteiger partial charge in [0.25, 0.3) is 0 Å². The Kier molecular flexibility index (Phi) is 4.97. The van der Waals surface area contributed by atoms with E-state index in [1.165, 1.54) is 0 Å². The maximum atomic E-state index is 7.07. The average molecular weight is 556 g/mol. The van der Waals surface area contributed by atoms with Crippen molar-refractivity contribution in [3.05, 3.63) is 90.0 Å². The van der Waals surface area contributed by atoms with Gasteiger partial charge in [-0.05, 0) is 29.7 Å². The van der Waals surface area contributed by atoms with Crippen LogP contribution in [-0.4, -0.2) is 51.4 Å². The molecular weight excluding hydrogens is 523 g/mol. The number of benzene rings is 3. The van der Waals surface area contributed by atoms with Crippen LogP contribution in [0.25, 0.3) is 0 Å². The summed E-state index contributed by atoms with van der Waals surface area (Å²) in [4.78, 5) is 23.0. The summed E-state index contributed by atoms with van der Waals surface area (Å²) in [6.07, 6.45) is -0.386. The molecule has 0 N–H and O–H groups in total. The van der Waals surface area contributed by atoms with Crippen molar-refractivity contribution in [2.75, 3.05) is 0 Å². The van der Waals surface area contributed by atoms with Crippen LogP contribution in [0.15, 0.2) is 98.8 Å².